The molecule has 0 aliphatic carbocycles. The summed E-state index contributed by atoms with van der Waals surface area (Å²) in [5.74, 6) is -0.0199. The molecule has 5 nitrogen and oxygen atoms in total. The van der Waals surface area contributed by atoms with E-state index >= 15 is 0 Å². The Kier molecular flexibility index (Phi) is 6.41. The molecule has 1 aromatic heterocycles. The van der Waals surface area contributed by atoms with Crippen LogP contribution in [0.2, 0.25) is 0 Å². The second-order valence-corrected chi connectivity index (χ2v) is 5.98. The summed E-state index contributed by atoms with van der Waals surface area (Å²) >= 11 is 1.68. The van der Waals surface area contributed by atoms with E-state index in [4.69, 9.17) is 4.74 Å². The van der Waals surface area contributed by atoms with Crippen LogP contribution in [0.15, 0.2) is 0 Å². The molecule has 6 heteroatoms. The van der Waals surface area contributed by atoms with Crippen molar-refractivity contribution in [1.82, 2.24) is 15.6 Å². The van der Waals surface area contributed by atoms with E-state index in [-0.39, 0.29) is 18.0 Å². The van der Waals surface area contributed by atoms with Gasteiger partial charge in [-0.1, -0.05) is 0 Å². The minimum absolute atomic E-state index is 0.0199. The smallest absolute Gasteiger partial charge is 0.236 e. The molecule has 0 aliphatic rings. The molecule has 0 saturated carbocycles. The van der Waals surface area contributed by atoms with Gasteiger partial charge in [0, 0.05) is 24.6 Å². The molecule has 1 aromatic rings. The Labute approximate surface area is 118 Å². The largest absolute Gasteiger partial charge is 0.383 e. The van der Waals surface area contributed by atoms with Crippen molar-refractivity contribution in [3.63, 3.8) is 0 Å². The van der Waals surface area contributed by atoms with Crippen LogP contribution < -0.4 is 10.6 Å². The van der Waals surface area contributed by atoms with Crippen LogP contribution in [0, 0.1) is 13.8 Å². The van der Waals surface area contributed by atoms with E-state index in [1.807, 2.05) is 20.8 Å². The molecule has 0 aromatic carbocycles. The number of ether oxygens (including phenoxy) is 1. The molecule has 2 atom stereocenters. The van der Waals surface area contributed by atoms with Crippen molar-refractivity contribution < 1.29 is 9.53 Å². The SMILES string of the molecule is COCCNC(=O)C(C)NC(C)c1nc(C)sc1C. The summed E-state index contributed by atoms with van der Waals surface area (Å²) in [5, 5.41) is 7.14. The average Bonchev–Trinajstić information content (AvgIpc) is 2.68. The zero-order valence-electron chi connectivity index (χ0n) is 12.2. The molecule has 1 amide bonds. The first-order chi connectivity index (χ1) is 8.95. The van der Waals surface area contributed by atoms with E-state index in [1.165, 1.54) is 4.88 Å². The molecule has 2 N–H and O–H groups in total. The molecule has 1 heterocycles. The van der Waals surface area contributed by atoms with Gasteiger partial charge in [0.25, 0.3) is 0 Å². The van der Waals surface area contributed by atoms with Crippen LogP contribution in [-0.4, -0.2) is 37.2 Å². The summed E-state index contributed by atoms with van der Waals surface area (Å²) in [6, 6.07) is -0.193. The van der Waals surface area contributed by atoms with Gasteiger partial charge in [-0.25, -0.2) is 4.98 Å². The second-order valence-electron chi connectivity index (χ2n) is 4.57. The van der Waals surface area contributed by atoms with Crippen molar-refractivity contribution in [1.29, 1.82) is 0 Å². The highest BCUT2D eigenvalue weighted by atomic mass is 32.1. The van der Waals surface area contributed by atoms with Crippen LogP contribution >= 0.6 is 11.3 Å². The number of thiazole rings is 1. The quantitative estimate of drug-likeness (QED) is 0.746. The second kappa shape index (κ2) is 7.57. The van der Waals surface area contributed by atoms with E-state index in [1.54, 1.807) is 18.4 Å². The molecule has 0 bridgehead atoms. The van der Waals surface area contributed by atoms with Crippen LogP contribution in [-0.2, 0) is 9.53 Å². The van der Waals surface area contributed by atoms with E-state index in [9.17, 15) is 4.79 Å². The van der Waals surface area contributed by atoms with E-state index in [2.05, 4.69) is 22.5 Å². The predicted molar refractivity (Wildman–Crippen MR) is 77.5 cm³/mol. The average molecular weight is 285 g/mol. The predicted octanol–water partition coefficient (Wildman–Crippen LogP) is 1.56. The summed E-state index contributed by atoms with van der Waals surface area (Å²) in [5.41, 5.74) is 1.03. The van der Waals surface area contributed by atoms with Gasteiger partial charge >= 0.3 is 0 Å². The molecular formula is C13H23N3O2S. The summed E-state index contributed by atoms with van der Waals surface area (Å²) in [6.07, 6.45) is 0. The van der Waals surface area contributed by atoms with Gasteiger partial charge in [-0.2, -0.15) is 0 Å². The van der Waals surface area contributed by atoms with Crippen LogP contribution in [0.1, 0.15) is 35.5 Å². The van der Waals surface area contributed by atoms with E-state index in [0.717, 1.165) is 10.7 Å². The fraction of sp³-hybridized carbons (Fsp3) is 0.692. The number of nitrogens with zero attached hydrogens (tertiary/aromatic N) is 1. The third-order valence-corrected chi connectivity index (χ3v) is 3.75. The zero-order chi connectivity index (χ0) is 14.4. The highest BCUT2D eigenvalue weighted by molar-refractivity contribution is 7.11. The monoisotopic (exact) mass is 285 g/mol. The summed E-state index contributed by atoms with van der Waals surface area (Å²) in [4.78, 5) is 17.5. The number of aryl methyl sites for hydroxylation is 2. The zero-order valence-corrected chi connectivity index (χ0v) is 13.1. The van der Waals surface area contributed by atoms with Gasteiger partial charge in [-0.15, -0.1) is 11.3 Å². The number of nitrogens with one attached hydrogen (secondary N) is 2. The van der Waals surface area contributed by atoms with Crippen molar-refractivity contribution >= 4 is 17.2 Å². The molecule has 0 saturated heterocycles. The lowest BCUT2D eigenvalue weighted by molar-refractivity contribution is -0.123. The third kappa shape index (κ3) is 4.89. The first kappa shape index (κ1) is 16.1. The molecule has 0 spiro atoms. The molecule has 2 unspecified atom stereocenters. The number of rotatable bonds is 7. The summed E-state index contributed by atoms with van der Waals surface area (Å²) in [6.45, 7) is 8.99. The van der Waals surface area contributed by atoms with Crippen molar-refractivity contribution in [2.45, 2.75) is 39.8 Å². The molecule has 1 rings (SSSR count). The lowest BCUT2D eigenvalue weighted by atomic mass is 10.2. The Bertz CT molecular complexity index is 420. The number of amides is 1. The Morgan fingerprint density at radius 1 is 1.42 bits per heavy atom. The highest BCUT2D eigenvalue weighted by Gasteiger charge is 2.19. The van der Waals surface area contributed by atoms with Crippen molar-refractivity contribution in [3.05, 3.63) is 15.6 Å². The molecule has 0 radical (unpaired) electrons. The van der Waals surface area contributed by atoms with Gasteiger partial charge in [-0.3, -0.25) is 10.1 Å². The Hall–Kier alpha value is -0.980. The Morgan fingerprint density at radius 2 is 2.11 bits per heavy atom. The molecule has 19 heavy (non-hydrogen) atoms. The fourth-order valence-electron chi connectivity index (χ4n) is 1.91. The summed E-state index contributed by atoms with van der Waals surface area (Å²) in [7, 11) is 1.61. The maximum absolute atomic E-state index is 11.8. The maximum atomic E-state index is 11.8. The molecule has 0 fully saturated rings. The van der Waals surface area contributed by atoms with Crippen LogP contribution in [0.4, 0.5) is 0 Å². The minimum atomic E-state index is -0.256. The molecular weight excluding hydrogens is 262 g/mol. The number of carbonyl (C=O) groups excluding carboxylic acids is 1. The van der Waals surface area contributed by atoms with Crippen molar-refractivity contribution in [2.75, 3.05) is 20.3 Å². The third-order valence-electron chi connectivity index (χ3n) is 2.85. The highest BCUT2D eigenvalue weighted by Crippen LogP contribution is 2.22. The van der Waals surface area contributed by atoms with Gasteiger partial charge in [-0.05, 0) is 27.7 Å². The first-order valence-electron chi connectivity index (χ1n) is 6.42. The van der Waals surface area contributed by atoms with Crippen LogP contribution in [0.25, 0.3) is 0 Å². The number of aromatic nitrogens is 1. The van der Waals surface area contributed by atoms with Crippen molar-refractivity contribution in [2.24, 2.45) is 0 Å². The maximum Gasteiger partial charge on any atom is 0.236 e. The number of carbonyl (C=O) groups is 1. The van der Waals surface area contributed by atoms with Crippen LogP contribution in [0.3, 0.4) is 0 Å². The molecule has 108 valence electrons. The van der Waals surface area contributed by atoms with Gasteiger partial charge in [0.15, 0.2) is 0 Å². The fourth-order valence-corrected chi connectivity index (χ4v) is 2.82. The standard InChI is InChI=1S/C13H23N3O2S/c1-8(12-10(3)19-11(4)16-12)15-9(2)13(17)14-6-7-18-5/h8-9,15H,6-7H2,1-5H3,(H,14,17). The molecule has 0 aliphatic heterocycles. The lowest BCUT2D eigenvalue weighted by Crippen LogP contribution is -2.44. The lowest BCUT2D eigenvalue weighted by Gasteiger charge is -2.19. The number of hydrogen-bond donors (Lipinski definition) is 2. The number of methoxy groups -OCH3 is 1. The van der Waals surface area contributed by atoms with Gasteiger partial charge in [0.1, 0.15) is 0 Å². The minimum Gasteiger partial charge on any atom is -0.383 e. The normalized spacial score (nSPS) is 14.2. The van der Waals surface area contributed by atoms with Gasteiger partial charge in [0.05, 0.1) is 23.4 Å². The van der Waals surface area contributed by atoms with Gasteiger partial charge < -0.3 is 10.1 Å². The Morgan fingerprint density at radius 3 is 2.63 bits per heavy atom. The van der Waals surface area contributed by atoms with Gasteiger partial charge in [0.2, 0.25) is 5.91 Å². The van der Waals surface area contributed by atoms with Crippen LogP contribution in [0.5, 0.6) is 0 Å². The summed E-state index contributed by atoms with van der Waals surface area (Å²) < 4.78 is 4.90. The van der Waals surface area contributed by atoms with E-state index < -0.39 is 0 Å². The number of hydrogen-bond acceptors (Lipinski definition) is 5. The first-order valence-corrected chi connectivity index (χ1v) is 7.24. The topological polar surface area (TPSA) is 63.2 Å². The van der Waals surface area contributed by atoms with Crippen molar-refractivity contribution in [3.8, 4) is 0 Å². The Balaban J connectivity index is 2.49. The van der Waals surface area contributed by atoms with E-state index in [0.29, 0.717) is 13.2 Å².